The number of amidine groups is 1. The number of nitrogens with one attached hydrogen (secondary N) is 1. The third kappa shape index (κ3) is 4.70. The molecular weight excluding hydrogens is 641 g/mol. The Kier molecular flexibility index (Phi) is 6.91. The van der Waals surface area contributed by atoms with E-state index in [0.29, 0.717) is 5.92 Å². The quantitative estimate of drug-likeness (QED) is 0.205. The van der Waals surface area contributed by atoms with Crippen molar-refractivity contribution in [3.05, 3.63) is 149 Å². The van der Waals surface area contributed by atoms with Gasteiger partial charge in [0.25, 0.3) is 0 Å². The first-order valence-electron chi connectivity index (χ1n) is 19.1. The fourth-order valence-corrected chi connectivity index (χ4v) is 9.64. The van der Waals surface area contributed by atoms with Gasteiger partial charge in [-0.15, -0.1) is 0 Å². The van der Waals surface area contributed by atoms with E-state index in [9.17, 15) is 0 Å². The van der Waals surface area contributed by atoms with E-state index in [2.05, 4.69) is 137 Å². The van der Waals surface area contributed by atoms with Gasteiger partial charge in [0.05, 0.1) is 11.7 Å². The van der Waals surface area contributed by atoms with Gasteiger partial charge < -0.3 is 18.6 Å². The second-order valence-electron chi connectivity index (χ2n) is 15.2. The highest BCUT2D eigenvalue weighted by Gasteiger charge is 2.37. The molecular formula is C46H42N4O2. The van der Waals surface area contributed by atoms with E-state index in [0.717, 1.165) is 60.4 Å². The Morgan fingerprint density at radius 1 is 0.865 bits per heavy atom. The van der Waals surface area contributed by atoms with E-state index >= 15 is 0 Å². The lowest BCUT2D eigenvalue weighted by Gasteiger charge is -2.42. The molecule has 0 amide bonds. The summed E-state index contributed by atoms with van der Waals surface area (Å²) in [5, 5.41) is 6.55. The lowest BCUT2D eigenvalue weighted by atomic mass is 9.90. The van der Waals surface area contributed by atoms with Gasteiger partial charge in [-0.1, -0.05) is 72.8 Å². The summed E-state index contributed by atoms with van der Waals surface area (Å²) in [5.74, 6) is 3.56. The Hall–Kier alpha value is -5.33. The number of ether oxygens (including phenoxy) is 1. The van der Waals surface area contributed by atoms with Crippen LogP contribution in [0.15, 0.2) is 119 Å². The van der Waals surface area contributed by atoms with E-state index in [1.165, 1.54) is 63.0 Å². The third-order valence-corrected chi connectivity index (χ3v) is 12.2. The average Bonchev–Trinajstić information content (AvgIpc) is 3.87. The van der Waals surface area contributed by atoms with Gasteiger partial charge in [0.1, 0.15) is 35.2 Å². The summed E-state index contributed by atoms with van der Waals surface area (Å²) in [6.07, 6.45) is 28.0. The van der Waals surface area contributed by atoms with Crippen LogP contribution < -0.4 is 10.1 Å². The normalized spacial score (nSPS) is 25.8. The molecule has 0 saturated heterocycles. The van der Waals surface area contributed by atoms with Crippen LogP contribution >= 0.6 is 0 Å². The van der Waals surface area contributed by atoms with Gasteiger partial charge in [-0.2, -0.15) is 0 Å². The molecule has 0 bridgehead atoms. The fraction of sp³-hybridized carbons (Fsp3) is 0.283. The zero-order valence-corrected chi connectivity index (χ0v) is 29.5. The highest BCUT2D eigenvalue weighted by Crippen LogP contribution is 2.46. The molecule has 2 aromatic heterocycles. The number of aliphatic imine (C=N–C) groups is 1. The van der Waals surface area contributed by atoms with Crippen LogP contribution in [0.1, 0.15) is 77.0 Å². The molecule has 4 aliphatic carbocycles. The summed E-state index contributed by atoms with van der Waals surface area (Å²) >= 11 is 0. The Labute approximate surface area is 304 Å². The molecule has 3 aromatic carbocycles. The number of rotatable bonds is 4. The van der Waals surface area contributed by atoms with Gasteiger partial charge in [-0.05, 0) is 92.2 Å². The minimum absolute atomic E-state index is 0.0236. The van der Waals surface area contributed by atoms with E-state index in [-0.39, 0.29) is 24.4 Å². The van der Waals surface area contributed by atoms with Crippen LogP contribution in [0.5, 0.6) is 5.75 Å². The maximum absolute atomic E-state index is 6.70. The van der Waals surface area contributed by atoms with Crippen LogP contribution in [0.2, 0.25) is 0 Å². The molecule has 6 heteroatoms. The first-order valence-corrected chi connectivity index (χ1v) is 19.1. The molecule has 2 aliphatic heterocycles. The van der Waals surface area contributed by atoms with Crippen molar-refractivity contribution < 1.29 is 9.15 Å². The molecule has 5 atom stereocenters. The number of aromatic nitrogens is 1. The van der Waals surface area contributed by atoms with Crippen molar-refractivity contribution in [2.75, 3.05) is 7.05 Å². The highest BCUT2D eigenvalue weighted by molar-refractivity contribution is 6.02. The van der Waals surface area contributed by atoms with Crippen LogP contribution in [0.25, 0.3) is 33.6 Å². The molecule has 0 fully saturated rings. The highest BCUT2D eigenvalue weighted by atomic mass is 16.5. The van der Waals surface area contributed by atoms with Crippen molar-refractivity contribution in [2.24, 2.45) is 10.9 Å². The van der Waals surface area contributed by atoms with Crippen molar-refractivity contribution in [1.29, 1.82) is 0 Å². The summed E-state index contributed by atoms with van der Waals surface area (Å²) in [7, 11) is 2.17. The van der Waals surface area contributed by atoms with Crippen LogP contribution in [0.4, 0.5) is 0 Å². The number of hydrogen-bond acceptors (Lipinski definition) is 5. The molecule has 0 saturated carbocycles. The lowest BCUT2D eigenvalue weighted by Crippen LogP contribution is -2.55. The SMILES string of the molecule is CN1C(c2ccc3c4c(oc3c2)CCCC4)=NC(c2ccc3c(c2)OC2C=CC(n4c5c(c6ccccc64)CCC=C5)=CC32)NC1C1C=CC=CC1. The number of para-hydroxylation sites is 1. The first-order chi connectivity index (χ1) is 25.7. The predicted molar refractivity (Wildman–Crippen MR) is 210 cm³/mol. The number of benzene rings is 3. The molecule has 0 spiro atoms. The molecule has 258 valence electrons. The molecule has 52 heavy (non-hydrogen) atoms. The zero-order valence-electron chi connectivity index (χ0n) is 29.5. The van der Waals surface area contributed by atoms with Crippen LogP contribution in [-0.2, 0) is 19.3 Å². The summed E-state index contributed by atoms with van der Waals surface area (Å²) in [6, 6.07) is 22.3. The smallest absolute Gasteiger partial charge is 0.135 e. The van der Waals surface area contributed by atoms with Crippen molar-refractivity contribution >= 4 is 39.5 Å². The molecule has 11 rings (SSSR count). The molecule has 4 heterocycles. The molecule has 5 unspecified atom stereocenters. The monoisotopic (exact) mass is 682 g/mol. The number of aryl methyl sites for hydroxylation is 3. The largest absolute Gasteiger partial charge is 0.485 e. The van der Waals surface area contributed by atoms with Gasteiger partial charge in [0.15, 0.2) is 0 Å². The summed E-state index contributed by atoms with van der Waals surface area (Å²) < 4.78 is 15.6. The maximum atomic E-state index is 6.70. The molecule has 0 radical (unpaired) electrons. The molecule has 1 N–H and O–H groups in total. The van der Waals surface area contributed by atoms with Gasteiger partial charge in [0, 0.05) is 64.2 Å². The Morgan fingerprint density at radius 2 is 1.81 bits per heavy atom. The van der Waals surface area contributed by atoms with E-state index in [4.69, 9.17) is 14.1 Å². The average molecular weight is 683 g/mol. The van der Waals surface area contributed by atoms with Crippen molar-refractivity contribution in [3.8, 4) is 5.75 Å². The maximum Gasteiger partial charge on any atom is 0.135 e. The predicted octanol–water partition coefficient (Wildman–Crippen LogP) is 9.62. The van der Waals surface area contributed by atoms with Gasteiger partial charge in [-0.3, -0.25) is 5.32 Å². The summed E-state index contributed by atoms with van der Waals surface area (Å²) in [6.45, 7) is 0. The van der Waals surface area contributed by atoms with Crippen molar-refractivity contribution in [1.82, 2.24) is 14.8 Å². The number of allylic oxidation sites excluding steroid dienone is 6. The van der Waals surface area contributed by atoms with E-state index in [1.54, 1.807) is 0 Å². The lowest BCUT2D eigenvalue weighted by molar-refractivity contribution is 0.201. The second-order valence-corrected chi connectivity index (χ2v) is 15.2. The van der Waals surface area contributed by atoms with E-state index in [1.807, 2.05) is 0 Å². The minimum atomic E-state index is -0.223. The van der Waals surface area contributed by atoms with Crippen LogP contribution in [-0.4, -0.2) is 34.6 Å². The van der Waals surface area contributed by atoms with Gasteiger partial charge in [-0.25, -0.2) is 4.99 Å². The minimum Gasteiger partial charge on any atom is -0.485 e. The zero-order chi connectivity index (χ0) is 34.3. The Bertz CT molecular complexity index is 2470. The van der Waals surface area contributed by atoms with Gasteiger partial charge in [0.2, 0.25) is 0 Å². The number of furan rings is 1. The molecule has 6 nitrogen and oxygen atoms in total. The summed E-state index contributed by atoms with van der Waals surface area (Å²) in [5.41, 5.74) is 11.1. The van der Waals surface area contributed by atoms with Crippen molar-refractivity contribution in [2.45, 2.75) is 69.3 Å². The topological polar surface area (TPSA) is 54.9 Å². The van der Waals surface area contributed by atoms with Gasteiger partial charge >= 0.3 is 0 Å². The summed E-state index contributed by atoms with van der Waals surface area (Å²) in [4.78, 5) is 7.75. The van der Waals surface area contributed by atoms with E-state index < -0.39 is 0 Å². The Morgan fingerprint density at radius 3 is 2.75 bits per heavy atom. The number of fused-ring (bicyclic) bond motifs is 9. The fourth-order valence-electron chi connectivity index (χ4n) is 9.64. The second kappa shape index (κ2) is 11.9. The standard InChI is InChI=1S/C46H42N4O2/c1-49-45(28-11-3-2-4-12-28)47-44(48-46(49)30-20-23-35-34-15-7-10-18-40(34)51-43(35)26-30)29-19-22-36-37-27-31(21-24-41(37)52-42(36)25-29)50-38-16-8-5-13-32(38)33-14-6-9-17-39(33)50/h2-5,8-9,11,13,16-17,19-28,37,41,44-45,47H,6-7,10,12,14-15,18H2,1H3. The Balaban J connectivity index is 0.958. The number of hydrogen-bond donors (Lipinski definition) is 1. The third-order valence-electron chi connectivity index (χ3n) is 12.2. The molecule has 5 aromatic rings. The number of nitrogens with zero attached hydrogens (tertiary/aromatic N) is 3. The van der Waals surface area contributed by atoms with Crippen LogP contribution in [0.3, 0.4) is 0 Å². The van der Waals surface area contributed by atoms with Crippen LogP contribution in [0, 0.1) is 5.92 Å². The van der Waals surface area contributed by atoms with Crippen molar-refractivity contribution in [3.63, 3.8) is 0 Å². The molecule has 6 aliphatic rings. The first kappa shape index (κ1) is 30.3.